The van der Waals surface area contributed by atoms with Crippen LogP contribution in [0, 0.1) is 6.92 Å². The summed E-state index contributed by atoms with van der Waals surface area (Å²) in [5.74, 6) is -0.382. The maximum atomic E-state index is 12.4. The van der Waals surface area contributed by atoms with E-state index in [1.165, 1.54) is 10.6 Å². The number of hydrogen-bond donors (Lipinski definition) is 1. The molecule has 0 fully saturated rings. The predicted octanol–water partition coefficient (Wildman–Crippen LogP) is 1.92. The first-order chi connectivity index (χ1) is 9.35. The number of carbonyl (C=O) groups excluding carboxylic acids is 1. The fraction of sp³-hybridized carbons (Fsp3) is 0.400. The molecule has 0 aliphatic heterocycles. The Kier molecular flexibility index (Phi) is 3.61. The summed E-state index contributed by atoms with van der Waals surface area (Å²) >= 11 is 0. The topological polar surface area (TPSA) is 63.5 Å². The summed E-state index contributed by atoms with van der Waals surface area (Å²) in [6, 6.07) is 5.39. The van der Waals surface area contributed by atoms with Crippen molar-refractivity contribution >= 4 is 11.6 Å². The van der Waals surface area contributed by atoms with Crippen LogP contribution < -0.4 is 10.9 Å². The van der Waals surface area contributed by atoms with Gasteiger partial charge in [-0.15, -0.1) is 0 Å². The molecule has 2 aromatic rings. The average molecular weight is 273 g/mol. The Labute approximate surface area is 117 Å². The van der Waals surface area contributed by atoms with Gasteiger partial charge in [0.1, 0.15) is 11.2 Å². The van der Waals surface area contributed by atoms with Crippen molar-refractivity contribution in [3.63, 3.8) is 0 Å². The standard InChI is InChI=1S/C15H19N3O2/c1-5-15(3,4)17-13(19)11-9-16-12-8-6-7-10(2)18(12)14(11)20/h6-9H,5H2,1-4H3,(H,17,19). The summed E-state index contributed by atoms with van der Waals surface area (Å²) in [6.07, 6.45) is 2.12. The molecule has 0 atom stereocenters. The molecule has 0 aliphatic carbocycles. The molecule has 0 saturated carbocycles. The molecule has 1 amide bonds. The first kappa shape index (κ1) is 14.2. The lowest BCUT2D eigenvalue weighted by molar-refractivity contribution is 0.0909. The maximum absolute atomic E-state index is 12.4. The number of carbonyl (C=O) groups is 1. The second-order valence-electron chi connectivity index (χ2n) is 5.53. The van der Waals surface area contributed by atoms with Crippen LogP contribution in [0.1, 0.15) is 43.2 Å². The third-order valence-corrected chi connectivity index (χ3v) is 3.50. The third kappa shape index (κ3) is 2.57. The van der Waals surface area contributed by atoms with Crippen LogP contribution in [-0.2, 0) is 0 Å². The van der Waals surface area contributed by atoms with E-state index in [9.17, 15) is 9.59 Å². The molecule has 0 saturated heterocycles. The molecule has 1 N–H and O–H groups in total. The number of fused-ring (bicyclic) bond motifs is 1. The Morgan fingerprint density at radius 2 is 2.10 bits per heavy atom. The van der Waals surface area contributed by atoms with Gasteiger partial charge in [0.05, 0.1) is 0 Å². The molecule has 20 heavy (non-hydrogen) atoms. The van der Waals surface area contributed by atoms with Gasteiger partial charge in [0.2, 0.25) is 0 Å². The molecular weight excluding hydrogens is 254 g/mol. The van der Waals surface area contributed by atoms with Gasteiger partial charge in [0.25, 0.3) is 11.5 Å². The lowest BCUT2D eigenvalue weighted by atomic mass is 10.0. The Morgan fingerprint density at radius 1 is 1.40 bits per heavy atom. The third-order valence-electron chi connectivity index (χ3n) is 3.50. The zero-order valence-electron chi connectivity index (χ0n) is 12.2. The van der Waals surface area contributed by atoms with E-state index in [0.717, 1.165) is 12.1 Å². The fourth-order valence-corrected chi connectivity index (χ4v) is 1.89. The molecule has 5 nitrogen and oxygen atoms in total. The highest BCUT2D eigenvalue weighted by Crippen LogP contribution is 2.08. The minimum atomic E-state index is -0.382. The SMILES string of the molecule is CCC(C)(C)NC(=O)c1cnc2cccc(C)n2c1=O. The van der Waals surface area contributed by atoms with Crippen molar-refractivity contribution in [1.29, 1.82) is 0 Å². The Morgan fingerprint density at radius 3 is 2.75 bits per heavy atom. The van der Waals surface area contributed by atoms with Crippen LogP contribution in [0.15, 0.2) is 29.2 Å². The van der Waals surface area contributed by atoms with E-state index in [4.69, 9.17) is 0 Å². The van der Waals surface area contributed by atoms with Crippen molar-refractivity contribution < 1.29 is 4.79 Å². The average Bonchev–Trinajstić information content (AvgIpc) is 2.38. The molecule has 0 aliphatic rings. The van der Waals surface area contributed by atoms with Gasteiger partial charge in [-0.25, -0.2) is 4.98 Å². The number of nitrogens with one attached hydrogen (secondary N) is 1. The first-order valence-corrected chi connectivity index (χ1v) is 6.65. The Bertz CT molecular complexity index is 717. The minimum Gasteiger partial charge on any atom is -0.347 e. The van der Waals surface area contributed by atoms with Gasteiger partial charge in [0, 0.05) is 17.4 Å². The normalized spacial score (nSPS) is 11.6. The molecule has 5 heteroatoms. The smallest absolute Gasteiger partial charge is 0.270 e. The maximum Gasteiger partial charge on any atom is 0.270 e. The molecule has 0 unspecified atom stereocenters. The second-order valence-corrected chi connectivity index (χ2v) is 5.53. The van der Waals surface area contributed by atoms with Crippen LogP contribution in [0.4, 0.5) is 0 Å². The van der Waals surface area contributed by atoms with Gasteiger partial charge in [-0.3, -0.25) is 14.0 Å². The van der Waals surface area contributed by atoms with E-state index < -0.39 is 0 Å². The van der Waals surface area contributed by atoms with Gasteiger partial charge in [-0.05, 0) is 39.3 Å². The Hall–Kier alpha value is -2.17. The van der Waals surface area contributed by atoms with Crippen molar-refractivity contribution in [3.05, 3.63) is 46.0 Å². The second kappa shape index (κ2) is 5.07. The zero-order chi connectivity index (χ0) is 14.9. The first-order valence-electron chi connectivity index (χ1n) is 6.65. The molecule has 2 aromatic heterocycles. The van der Waals surface area contributed by atoms with Gasteiger partial charge in [0.15, 0.2) is 0 Å². The number of rotatable bonds is 3. The lowest BCUT2D eigenvalue weighted by Gasteiger charge is -2.24. The highest BCUT2D eigenvalue weighted by Gasteiger charge is 2.21. The molecule has 0 bridgehead atoms. The molecular formula is C15H19N3O2. The van der Waals surface area contributed by atoms with Gasteiger partial charge < -0.3 is 5.32 Å². The van der Waals surface area contributed by atoms with Gasteiger partial charge >= 0.3 is 0 Å². The summed E-state index contributed by atoms with van der Waals surface area (Å²) in [4.78, 5) is 28.8. The number of aryl methyl sites for hydroxylation is 1. The summed E-state index contributed by atoms with van der Waals surface area (Å²) in [7, 11) is 0. The van der Waals surface area contributed by atoms with Crippen molar-refractivity contribution in [2.45, 2.75) is 39.7 Å². The Balaban J connectivity index is 2.52. The molecule has 106 valence electrons. The largest absolute Gasteiger partial charge is 0.347 e. The van der Waals surface area contributed by atoms with Crippen LogP contribution in [-0.4, -0.2) is 20.8 Å². The molecule has 2 heterocycles. The minimum absolute atomic E-state index is 0.0679. The van der Waals surface area contributed by atoms with E-state index in [1.54, 1.807) is 6.07 Å². The fourth-order valence-electron chi connectivity index (χ4n) is 1.89. The summed E-state index contributed by atoms with van der Waals surface area (Å²) < 4.78 is 1.45. The van der Waals surface area contributed by atoms with Crippen molar-refractivity contribution in [1.82, 2.24) is 14.7 Å². The number of amides is 1. The van der Waals surface area contributed by atoms with Crippen LogP contribution in [0.5, 0.6) is 0 Å². The van der Waals surface area contributed by atoms with E-state index in [1.807, 2.05) is 39.8 Å². The quantitative estimate of drug-likeness (QED) is 0.929. The van der Waals surface area contributed by atoms with E-state index in [-0.39, 0.29) is 22.6 Å². The zero-order valence-corrected chi connectivity index (χ0v) is 12.2. The van der Waals surface area contributed by atoms with Crippen LogP contribution >= 0.6 is 0 Å². The monoisotopic (exact) mass is 273 g/mol. The number of hydrogen-bond acceptors (Lipinski definition) is 3. The van der Waals surface area contributed by atoms with E-state index >= 15 is 0 Å². The van der Waals surface area contributed by atoms with E-state index in [2.05, 4.69) is 10.3 Å². The van der Waals surface area contributed by atoms with Crippen molar-refractivity contribution in [3.8, 4) is 0 Å². The molecule has 2 rings (SSSR count). The molecule has 0 radical (unpaired) electrons. The van der Waals surface area contributed by atoms with Gasteiger partial charge in [-0.2, -0.15) is 0 Å². The highest BCUT2D eigenvalue weighted by molar-refractivity contribution is 5.94. The lowest BCUT2D eigenvalue weighted by Crippen LogP contribution is -2.44. The summed E-state index contributed by atoms with van der Waals surface area (Å²) in [6.45, 7) is 7.63. The molecule has 0 aromatic carbocycles. The predicted molar refractivity (Wildman–Crippen MR) is 78.0 cm³/mol. The number of nitrogens with zero attached hydrogens (tertiary/aromatic N) is 2. The van der Waals surface area contributed by atoms with E-state index in [0.29, 0.717) is 5.65 Å². The van der Waals surface area contributed by atoms with Crippen molar-refractivity contribution in [2.24, 2.45) is 0 Å². The van der Waals surface area contributed by atoms with Crippen LogP contribution in [0.3, 0.4) is 0 Å². The summed E-state index contributed by atoms with van der Waals surface area (Å²) in [5.41, 5.74) is 0.677. The van der Waals surface area contributed by atoms with Crippen molar-refractivity contribution in [2.75, 3.05) is 0 Å². The highest BCUT2D eigenvalue weighted by atomic mass is 16.2. The van der Waals surface area contributed by atoms with Crippen LogP contribution in [0.25, 0.3) is 5.65 Å². The van der Waals surface area contributed by atoms with Gasteiger partial charge in [-0.1, -0.05) is 13.0 Å². The number of aromatic nitrogens is 2. The number of pyridine rings is 1. The van der Waals surface area contributed by atoms with Crippen LogP contribution in [0.2, 0.25) is 0 Å². The molecule has 0 spiro atoms. The summed E-state index contributed by atoms with van der Waals surface area (Å²) in [5, 5.41) is 2.85.